The molecule has 0 saturated carbocycles. The molecule has 11 heteroatoms. The summed E-state index contributed by atoms with van der Waals surface area (Å²) in [6.07, 6.45) is -2.96. The number of hydrogen-bond acceptors (Lipinski definition) is 6. The fraction of sp³-hybridized carbons (Fsp3) is 0.571. The van der Waals surface area contributed by atoms with Crippen molar-refractivity contribution < 1.29 is 26.0 Å². The molecule has 0 spiro atoms. The predicted molar refractivity (Wildman–Crippen MR) is 83.7 cm³/mol. The summed E-state index contributed by atoms with van der Waals surface area (Å²) in [5, 5.41) is 6.47. The van der Waals surface area contributed by atoms with Gasteiger partial charge in [0.25, 0.3) is 10.0 Å². The number of hydrogen-bond donors (Lipinski definition) is 0. The fourth-order valence-corrected chi connectivity index (χ4v) is 5.66. The molecule has 2 aromatic heterocycles. The van der Waals surface area contributed by atoms with Crippen LogP contribution in [-0.4, -0.2) is 36.0 Å². The number of halogens is 3. The van der Waals surface area contributed by atoms with Gasteiger partial charge < -0.3 is 4.42 Å². The summed E-state index contributed by atoms with van der Waals surface area (Å²) in [6, 6.07) is 3.34. The highest BCUT2D eigenvalue weighted by Crippen LogP contribution is 2.34. The average molecular weight is 395 g/mol. The molecule has 0 unspecified atom stereocenters. The van der Waals surface area contributed by atoms with E-state index < -0.39 is 28.0 Å². The van der Waals surface area contributed by atoms with E-state index in [0.717, 1.165) is 11.3 Å². The molecule has 0 bridgehead atoms. The number of aromatic nitrogens is 2. The van der Waals surface area contributed by atoms with Crippen LogP contribution in [0.25, 0.3) is 0 Å². The molecular formula is C14H16F3N3O3S2. The van der Waals surface area contributed by atoms with Crippen LogP contribution in [0, 0.1) is 0 Å². The number of thiophene rings is 1. The molecule has 2 aromatic rings. The van der Waals surface area contributed by atoms with Gasteiger partial charge in [-0.15, -0.1) is 21.5 Å². The Hall–Kier alpha value is -1.46. The lowest BCUT2D eigenvalue weighted by Crippen LogP contribution is -2.38. The van der Waals surface area contributed by atoms with E-state index in [2.05, 4.69) is 10.2 Å². The number of nitrogens with zero attached hydrogens (tertiary/aromatic N) is 3. The van der Waals surface area contributed by atoms with Gasteiger partial charge in [-0.1, -0.05) is 6.92 Å². The first-order valence-corrected chi connectivity index (χ1v) is 9.97. The Morgan fingerprint density at radius 1 is 1.36 bits per heavy atom. The van der Waals surface area contributed by atoms with Gasteiger partial charge in [0.1, 0.15) is 4.21 Å². The molecule has 0 aliphatic carbocycles. The molecule has 25 heavy (non-hydrogen) atoms. The van der Waals surface area contributed by atoms with Gasteiger partial charge >= 0.3 is 12.1 Å². The van der Waals surface area contributed by atoms with Crippen LogP contribution in [0.15, 0.2) is 20.8 Å². The van der Waals surface area contributed by atoms with Crippen LogP contribution in [0.4, 0.5) is 13.2 Å². The first-order chi connectivity index (χ1) is 11.7. The second kappa shape index (κ2) is 6.69. The van der Waals surface area contributed by atoms with Crippen molar-refractivity contribution in [1.29, 1.82) is 0 Å². The Morgan fingerprint density at radius 3 is 2.72 bits per heavy atom. The van der Waals surface area contributed by atoms with E-state index >= 15 is 0 Å². The van der Waals surface area contributed by atoms with Crippen LogP contribution in [0.5, 0.6) is 0 Å². The van der Waals surface area contributed by atoms with Crippen molar-refractivity contribution in [2.45, 2.75) is 42.5 Å². The molecule has 138 valence electrons. The third kappa shape index (κ3) is 3.72. The molecule has 0 radical (unpaired) electrons. The molecule has 1 saturated heterocycles. The molecule has 1 aliphatic heterocycles. The number of aryl methyl sites for hydroxylation is 1. The molecule has 3 heterocycles. The molecule has 0 N–H and O–H groups in total. The lowest BCUT2D eigenvalue weighted by atomic mass is 10.00. The van der Waals surface area contributed by atoms with E-state index in [0.29, 0.717) is 19.4 Å². The van der Waals surface area contributed by atoms with Crippen molar-refractivity contribution in [3.63, 3.8) is 0 Å². The van der Waals surface area contributed by atoms with Gasteiger partial charge in [-0.3, -0.25) is 0 Å². The van der Waals surface area contributed by atoms with Crippen molar-refractivity contribution in [1.82, 2.24) is 14.5 Å². The largest absolute Gasteiger partial charge is 0.470 e. The third-order valence-electron chi connectivity index (χ3n) is 4.00. The third-order valence-corrected chi connectivity index (χ3v) is 7.56. The van der Waals surface area contributed by atoms with Crippen LogP contribution < -0.4 is 0 Å². The molecule has 0 amide bonds. The Kier molecular flexibility index (Phi) is 4.91. The van der Waals surface area contributed by atoms with Crippen molar-refractivity contribution in [3.05, 3.63) is 28.8 Å². The maximum Gasteiger partial charge on any atom is 0.470 e. The topological polar surface area (TPSA) is 76.3 Å². The maximum absolute atomic E-state index is 12.7. The Bertz CT molecular complexity index is 845. The van der Waals surface area contributed by atoms with E-state index in [1.807, 2.05) is 6.92 Å². The summed E-state index contributed by atoms with van der Waals surface area (Å²) in [7, 11) is -3.67. The molecular weight excluding hydrogens is 379 g/mol. The van der Waals surface area contributed by atoms with Crippen LogP contribution in [0.1, 0.15) is 42.3 Å². The van der Waals surface area contributed by atoms with Crippen LogP contribution in [-0.2, 0) is 22.6 Å². The predicted octanol–water partition coefficient (Wildman–Crippen LogP) is 3.28. The first-order valence-electron chi connectivity index (χ1n) is 7.71. The standard InChI is InChI=1S/C14H16F3N3O3S2/c1-2-10-5-6-11(24-10)25(21,22)20-7-3-4-9(8-20)12-18-19-13(23-12)14(15,16)17/h5-6,9H,2-4,7-8H2,1H3/t9-/m0/s1. The molecule has 1 fully saturated rings. The maximum atomic E-state index is 12.7. The SMILES string of the molecule is CCc1ccc(S(=O)(=O)N2CCC[C@H](c3nnc(C(F)(F)F)o3)C2)s1. The molecule has 6 nitrogen and oxygen atoms in total. The van der Waals surface area contributed by atoms with Gasteiger partial charge in [-0.2, -0.15) is 17.5 Å². The van der Waals surface area contributed by atoms with Crippen molar-refractivity contribution in [3.8, 4) is 0 Å². The average Bonchev–Trinajstić information content (AvgIpc) is 3.24. The number of alkyl halides is 3. The second-order valence-electron chi connectivity index (χ2n) is 5.72. The Labute approximate surface area is 146 Å². The van der Waals surface area contributed by atoms with Crippen LogP contribution in [0.3, 0.4) is 0 Å². The minimum absolute atomic E-state index is 0.0290. The highest BCUT2D eigenvalue weighted by atomic mass is 32.2. The molecule has 3 rings (SSSR count). The van der Waals surface area contributed by atoms with Crippen LogP contribution >= 0.6 is 11.3 Å². The summed E-state index contributed by atoms with van der Waals surface area (Å²) >= 11 is 1.21. The quantitative estimate of drug-likeness (QED) is 0.794. The van der Waals surface area contributed by atoms with Crippen LogP contribution in [0.2, 0.25) is 0 Å². The Morgan fingerprint density at radius 2 is 2.12 bits per heavy atom. The lowest BCUT2D eigenvalue weighted by molar-refractivity contribution is -0.157. The highest BCUT2D eigenvalue weighted by molar-refractivity contribution is 7.91. The van der Waals surface area contributed by atoms with E-state index in [1.54, 1.807) is 12.1 Å². The zero-order valence-electron chi connectivity index (χ0n) is 13.3. The lowest BCUT2D eigenvalue weighted by Gasteiger charge is -2.29. The number of rotatable bonds is 4. The van der Waals surface area contributed by atoms with Crippen molar-refractivity contribution in [2.24, 2.45) is 0 Å². The summed E-state index contributed by atoms with van der Waals surface area (Å²) < 4.78 is 69.5. The van der Waals surface area contributed by atoms with Gasteiger partial charge in [-0.25, -0.2) is 8.42 Å². The fourth-order valence-electron chi connectivity index (χ4n) is 2.69. The van der Waals surface area contributed by atoms with Gasteiger partial charge in [0, 0.05) is 18.0 Å². The normalized spacial score (nSPS) is 20.1. The summed E-state index contributed by atoms with van der Waals surface area (Å²) in [5.74, 6) is -2.13. The van der Waals surface area contributed by atoms with Crippen molar-refractivity contribution >= 4 is 21.4 Å². The smallest absolute Gasteiger partial charge is 0.417 e. The van der Waals surface area contributed by atoms with E-state index in [1.165, 1.54) is 15.6 Å². The summed E-state index contributed by atoms with van der Waals surface area (Å²) in [4.78, 5) is 0.957. The zero-order valence-corrected chi connectivity index (χ0v) is 14.9. The molecule has 1 atom stereocenters. The number of piperidine rings is 1. The van der Waals surface area contributed by atoms with Gasteiger partial charge in [0.2, 0.25) is 5.89 Å². The van der Waals surface area contributed by atoms with E-state index in [9.17, 15) is 21.6 Å². The van der Waals surface area contributed by atoms with Gasteiger partial charge in [-0.05, 0) is 31.4 Å². The van der Waals surface area contributed by atoms with Crippen molar-refractivity contribution in [2.75, 3.05) is 13.1 Å². The second-order valence-corrected chi connectivity index (χ2v) is 9.05. The zero-order chi connectivity index (χ0) is 18.2. The van der Waals surface area contributed by atoms with Gasteiger partial charge in [0.05, 0.1) is 5.92 Å². The minimum atomic E-state index is -4.71. The van der Waals surface area contributed by atoms with Gasteiger partial charge in [0.15, 0.2) is 0 Å². The molecule has 0 aromatic carbocycles. The summed E-state index contributed by atoms with van der Waals surface area (Å²) in [5.41, 5.74) is 0. The molecule has 1 aliphatic rings. The summed E-state index contributed by atoms with van der Waals surface area (Å²) in [6.45, 7) is 2.28. The first kappa shape index (κ1) is 18.3. The minimum Gasteiger partial charge on any atom is -0.417 e. The van der Waals surface area contributed by atoms with E-state index in [4.69, 9.17) is 4.42 Å². The monoisotopic (exact) mass is 395 g/mol. The van der Waals surface area contributed by atoms with E-state index in [-0.39, 0.29) is 16.6 Å². The number of sulfonamides is 1. The Balaban J connectivity index is 1.80. The highest BCUT2D eigenvalue weighted by Gasteiger charge is 2.40.